The summed E-state index contributed by atoms with van der Waals surface area (Å²) in [6.45, 7) is -8.73. The average Bonchev–Trinajstić information content (AvgIpc) is 3.91. The fourth-order valence-corrected chi connectivity index (χ4v) is 5.55. The number of rotatable bonds is 20. The Morgan fingerprint density at radius 3 is 2.00 bits per heavy atom. The highest BCUT2D eigenvalue weighted by atomic mass is 16.6. The first kappa shape index (κ1) is 26.6. The lowest BCUT2D eigenvalue weighted by molar-refractivity contribution is -0.135. The van der Waals surface area contributed by atoms with Gasteiger partial charge in [-0.2, -0.15) is 0 Å². The predicted octanol–water partition coefficient (Wildman–Crippen LogP) is 2.58. The Hall–Kier alpha value is -4.13. The number of amides is 4. The first-order chi connectivity index (χ1) is 29.4. The van der Waals surface area contributed by atoms with Crippen LogP contribution in [0.2, 0.25) is 0 Å². The van der Waals surface area contributed by atoms with Gasteiger partial charge in [-0.25, -0.2) is 0 Å². The van der Waals surface area contributed by atoms with E-state index in [2.05, 4.69) is 21.3 Å². The highest BCUT2D eigenvalue weighted by molar-refractivity contribution is 5.98. The molecular formula is C40H57N5O7. The maximum absolute atomic E-state index is 14.5. The first-order valence-electron chi connectivity index (χ1n) is 23.3. The van der Waals surface area contributed by atoms with Crippen molar-refractivity contribution in [2.75, 3.05) is 39.4 Å². The molecule has 0 saturated carbocycles. The van der Waals surface area contributed by atoms with Gasteiger partial charge in [0.1, 0.15) is 23.7 Å². The van der Waals surface area contributed by atoms with E-state index in [1.54, 1.807) is 74.5 Å². The number of aryl methyl sites for hydroxylation is 1. The molecule has 4 N–H and O–H groups in total. The van der Waals surface area contributed by atoms with Gasteiger partial charge in [0.15, 0.2) is 5.78 Å². The molecule has 0 spiro atoms. The second-order valence-corrected chi connectivity index (χ2v) is 13.6. The minimum Gasteiger partial charge on any atom is -0.379 e. The number of ketones is 1. The number of Topliss-reactive ketones (excluding diaryl/α,β-unsaturated/α-hetero) is 1. The molecule has 12 heteroatoms. The molecule has 2 aromatic rings. The van der Waals surface area contributed by atoms with Crippen molar-refractivity contribution >= 4 is 29.4 Å². The zero-order valence-corrected chi connectivity index (χ0v) is 29.8. The number of carbonyl (C=O) groups is 5. The molecular weight excluding hydrogens is 662 g/mol. The van der Waals surface area contributed by atoms with Gasteiger partial charge in [0.05, 0.1) is 39.1 Å². The molecule has 12 nitrogen and oxygen atoms in total. The highest BCUT2D eigenvalue weighted by Crippen LogP contribution is 2.29. The van der Waals surface area contributed by atoms with E-state index in [0.717, 1.165) is 4.90 Å². The number of carbonyl (C=O) groups excluding carboxylic acids is 5. The number of hydrogen-bond donors (Lipinski definition) is 4. The second-order valence-electron chi connectivity index (χ2n) is 13.6. The number of morpholine rings is 1. The quantitative estimate of drug-likeness (QED) is 0.152. The monoisotopic (exact) mass is 732 g/mol. The molecule has 2 saturated heterocycles. The van der Waals surface area contributed by atoms with Crippen LogP contribution in [0.1, 0.15) is 81.3 Å². The van der Waals surface area contributed by atoms with Gasteiger partial charge >= 0.3 is 0 Å². The zero-order chi connectivity index (χ0) is 48.1. The number of ether oxygens (including phenoxy) is 2. The summed E-state index contributed by atoms with van der Waals surface area (Å²) in [6, 6.07) is 9.35. The minimum absolute atomic E-state index is 0.0158. The van der Waals surface area contributed by atoms with Crippen LogP contribution >= 0.6 is 0 Å². The third-order valence-electron chi connectivity index (χ3n) is 8.48. The summed E-state index contributed by atoms with van der Waals surface area (Å²) in [6.07, 6.45) is -1.77. The van der Waals surface area contributed by atoms with Crippen LogP contribution in [0.4, 0.5) is 0 Å². The Bertz CT molecular complexity index is 1940. The molecule has 2 fully saturated rings. The number of hydrogen-bond acceptors (Lipinski definition) is 8. The van der Waals surface area contributed by atoms with Gasteiger partial charge in [-0.3, -0.25) is 28.9 Å². The molecule has 284 valence electrons. The topological polar surface area (TPSA) is 158 Å². The van der Waals surface area contributed by atoms with Crippen LogP contribution in [-0.4, -0.2) is 103 Å². The van der Waals surface area contributed by atoms with Crippen molar-refractivity contribution in [1.82, 2.24) is 26.2 Å². The van der Waals surface area contributed by atoms with Crippen molar-refractivity contribution in [1.29, 1.82) is 0 Å². The van der Waals surface area contributed by atoms with E-state index in [1.165, 1.54) is 6.92 Å². The molecule has 5 atom stereocenters. The third-order valence-corrected chi connectivity index (χ3v) is 8.48. The molecule has 2 heterocycles. The fourth-order valence-electron chi connectivity index (χ4n) is 5.55. The molecule has 2 aliphatic rings. The lowest BCUT2D eigenvalue weighted by Gasteiger charge is -2.29. The van der Waals surface area contributed by atoms with Crippen LogP contribution in [0.25, 0.3) is 0 Å². The number of nitrogens with zero attached hydrogens (tertiary/aromatic N) is 1. The van der Waals surface area contributed by atoms with Crippen molar-refractivity contribution in [3.63, 3.8) is 0 Å². The minimum atomic E-state index is -3.57. The molecule has 2 aliphatic heterocycles. The molecule has 0 aromatic heterocycles. The molecule has 4 amide bonds. The largest absolute Gasteiger partial charge is 0.379 e. The summed E-state index contributed by atoms with van der Waals surface area (Å²) in [4.78, 5) is 71.3. The number of benzene rings is 2. The van der Waals surface area contributed by atoms with Crippen molar-refractivity contribution in [3.8, 4) is 0 Å². The van der Waals surface area contributed by atoms with Crippen LogP contribution in [0.15, 0.2) is 60.7 Å². The maximum atomic E-state index is 14.5. The van der Waals surface area contributed by atoms with Gasteiger partial charge in [-0.05, 0) is 55.5 Å². The number of epoxide rings is 1. The van der Waals surface area contributed by atoms with Gasteiger partial charge in [-0.1, -0.05) is 88.2 Å². The Morgan fingerprint density at radius 2 is 1.40 bits per heavy atom. The van der Waals surface area contributed by atoms with E-state index in [0.29, 0.717) is 11.1 Å². The zero-order valence-electron chi connectivity index (χ0n) is 41.8. The maximum Gasteiger partial charge on any atom is 0.243 e. The first-order valence-corrected chi connectivity index (χ1v) is 17.3. The van der Waals surface area contributed by atoms with E-state index in [9.17, 15) is 24.0 Å². The summed E-state index contributed by atoms with van der Waals surface area (Å²) in [7, 11) is 0. The van der Waals surface area contributed by atoms with Crippen molar-refractivity contribution in [3.05, 3.63) is 71.8 Å². The summed E-state index contributed by atoms with van der Waals surface area (Å²) in [5.74, 6) is -8.72. The molecule has 2 aromatic carbocycles. The molecule has 0 bridgehead atoms. The summed E-state index contributed by atoms with van der Waals surface area (Å²) < 4.78 is 108. The van der Waals surface area contributed by atoms with Gasteiger partial charge in [-0.15, -0.1) is 0 Å². The van der Waals surface area contributed by atoms with Gasteiger partial charge in [0.25, 0.3) is 0 Å². The van der Waals surface area contributed by atoms with E-state index < -0.39 is 118 Å². The smallest absolute Gasteiger partial charge is 0.243 e. The summed E-state index contributed by atoms with van der Waals surface area (Å²) in [5.41, 5.74) is -0.140. The van der Waals surface area contributed by atoms with E-state index in [4.69, 9.17) is 25.9 Å². The van der Waals surface area contributed by atoms with Gasteiger partial charge < -0.3 is 30.7 Å². The van der Waals surface area contributed by atoms with Crippen molar-refractivity contribution in [2.24, 2.45) is 11.8 Å². The SMILES string of the molecule is [2H]C1([2H])CN(CC(=O)N[C@@H](CCc2ccccc2)C(=O)N[C@@H](CC([2H])(C([2H])([2H])[2H])C([2H])([2H])[2H])C(=O)N[C@@H](Cc2ccccc2)C(=O)N[C@]([2H])(CC(C)C)C(=O)[C@@]2(C)CO2)CC([2H])([2H])O1. The Kier molecular flexibility index (Phi) is 10.0. The molecule has 0 unspecified atom stereocenters. The van der Waals surface area contributed by atoms with Gasteiger partial charge in [0.2, 0.25) is 23.6 Å². The van der Waals surface area contributed by atoms with Crippen LogP contribution in [0.5, 0.6) is 0 Å². The second kappa shape index (κ2) is 19.6. The average molecular weight is 732 g/mol. The summed E-state index contributed by atoms with van der Waals surface area (Å²) >= 11 is 0. The van der Waals surface area contributed by atoms with Crippen LogP contribution in [0, 0.1) is 11.8 Å². The Balaban J connectivity index is 1.71. The van der Waals surface area contributed by atoms with E-state index in [-0.39, 0.29) is 38.2 Å². The van der Waals surface area contributed by atoms with Crippen LogP contribution in [-0.2, 0) is 46.3 Å². The van der Waals surface area contributed by atoms with Crippen LogP contribution in [0.3, 0.4) is 0 Å². The molecule has 0 radical (unpaired) electrons. The lowest BCUT2D eigenvalue weighted by Crippen LogP contribution is -2.59. The normalized spacial score (nSPS) is 26.2. The fraction of sp³-hybridized carbons (Fsp3) is 0.575. The van der Waals surface area contributed by atoms with Crippen molar-refractivity contribution in [2.45, 2.75) is 96.3 Å². The van der Waals surface area contributed by atoms with E-state index >= 15 is 0 Å². The third kappa shape index (κ3) is 13.1. The standard InChI is InChI=1S/C40H57N5O7/c1-27(2)22-32(36(47)40(5)26-52-40)42-39(50)34(24-30-14-10-7-11-15-30)44-38(49)33(23-28(3)4)43-37(48)31(17-16-29-12-8-6-9-13-29)41-35(46)25-45-18-20-51-21-19-45/h6-15,27-28,31-34H,16-26H2,1-5H3,(H,41,46)(H,42,50)(H,43,48)(H,44,49)/t31-,32+,33-,34-,40+/m0/s1/i3D3,4D3,20D2,21D2,28D,32D. The lowest BCUT2D eigenvalue weighted by atomic mass is 9.93. The molecule has 52 heavy (non-hydrogen) atoms. The Morgan fingerprint density at radius 1 is 0.827 bits per heavy atom. The molecule has 0 aliphatic carbocycles. The highest BCUT2D eigenvalue weighted by Gasteiger charge is 2.50. The number of nitrogens with one attached hydrogen (secondary N) is 4. The predicted molar refractivity (Wildman–Crippen MR) is 198 cm³/mol. The van der Waals surface area contributed by atoms with Gasteiger partial charge in [0, 0.05) is 29.1 Å². The summed E-state index contributed by atoms with van der Waals surface area (Å²) in [5, 5.41) is 9.76. The Labute approximate surface area is 325 Å². The molecule has 4 rings (SSSR count). The van der Waals surface area contributed by atoms with Crippen LogP contribution < -0.4 is 21.3 Å². The van der Waals surface area contributed by atoms with Crippen molar-refractivity contribution < 1.29 is 49.9 Å². The van der Waals surface area contributed by atoms with E-state index in [1.807, 2.05) is 0 Å².